The van der Waals surface area contributed by atoms with Crippen molar-refractivity contribution in [1.82, 2.24) is 0 Å². The van der Waals surface area contributed by atoms with E-state index in [1.54, 1.807) is 0 Å². The predicted octanol–water partition coefficient (Wildman–Crippen LogP) is 0.270. The summed E-state index contributed by atoms with van der Waals surface area (Å²) in [6.07, 6.45) is 0.649. The summed E-state index contributed by atoms with van der Waals surface area (Å²) >= 11 is 0. The molecule has 14 heavy (non-hydrogen) atoms. The Bertz CT molecular complexity index is 216. The van der Waals surface area contributed by atoms with E-state index in [-0.39, 0.29) is 24.7 Å². The average molecular weight is 202 g/mol. The summed E-state index contributed by atoms with van der Waals surface area (Å²) in [4.78, 5) is 0. The minimum absolute atomic E-state index is 0.0489. The van der Waals surface area contributed by atoms with Crippen LogP contribution in [0.25, 0.3) is 0 Å². The van der Waals surface area contributed by atoms with Crippen LogP contribution in [-0.4, -0.2) is 40.9 Å². The zero-order valence-electron chi connectivity index (χ0n) is 8.64. The third-order valence-electron chi connectivity index (χ3n) is 3.05. The van der Waals surface area contributed by atoms with Gasteiger partial charge < -0.3 is 19.7 Å². The lowest BCUT2D eigenvalue weighted by Gasteiger charge is -2.21. The second-order valence-electron chi connectivity index (χ2n) is 4.64. The lowest BCUT2D eigenvalue weighted by atomic mass is 10.0. The molecule has 1 saturated carbocycles. The van der Waals surface area contributed by atoms with Crippen molar-refractivity contribution in [3.8, 4) is 0 Å². The second kappa shape index (κ2) is 3.45. The van der Waals surface area contributed by atoms with E-state index >= 15 is 0 Å². The Morgan fingerprint density at radius 3 is 2.57 bits per heavy atom. The summed E-state index contributed by atoms with van der Waals surface area (Å²) in [5.74, 6) is -0.369. The number of rotatable bonds is 2. The molecule has 1 aliphatic carbocycles. The van der Waals surface area contributed by atoms with E-state index in [0.717, 1.165) is 0 Å². The molecule has 0 aromatic carbocycles. The van der Waals surface area contributed by atoms with Crippen molar-refractivity contribution < 1.29 is 19.7 Å². The summed E-state index contributed by atoms with van der Waals surface area (Å²) in [5.41, 5.74) is 0. The van der Waals surface area contributed by atoms with Gasteiger partial charge in [0.05, 0.1) is 12.2 Å². The summed E-state index contributed by atoms with van der Waals surface area (Å²) in [6.45, 7) is 3.85. The van der Waals surface area contributed by atoms with Crippen molar-refractivity contribution in [2.24, 2.45) is 5.92 Å². The molecule has 1 aliphatic heterocycles. The Kier molecular flexibility index (Phi) is 2.55. The summed E-state index contributed by atoms with van der Waals surface area (Å²) in [7, 11) is 0. The lowest BCUT2D eigenvalue weighted by molar-refractivity contribution is -0.167. The number of aliphatic hydroxyl groups excluding tert-OH is 2. The van der Waals surface area contributed by atoms with Gasteiger partial charge >= 0.3 is 0 Å². The third-order valence-corrected chi connectivity index (χ3v) is 3.05. The molecule has 2 N–H and O–H groups in total. The first-order valence-electron chi connectivity index (χ1n) is 5.18. The number of aliphatic hydroxyl groups is 2. The summed E-state index contributed by atoms with van der Waals surface area (Å²) < 4.78 is 11.3. The molecule has 0 radical (unpaired) electrons. The van der Waals surface area contributed by atoms with Crippen molar-refractivity contribution >= 4 is 0 Å². The highest BCUT2D eigenvalue weighted by Gasteiger charge is 2.53. The van der Waals surface area contributed by atoms with Crippen LogP contribution in [0, 0.1) is 5.92 Å². The third kappa shape index (κ3) is 1.67. The molecule has 0 unspecified atom stereocenters. The highest BCUT2D eigenvalue weighted by atomic mass is 16.8. The quantitative estimate of drug-likeness (QED) is 0.675. The van der Waals surface area contributed by atoms with Gasteiger partial charge in [0, 0.05) is 6.61 Å². The molecule has 0 spiro atoms. The molecule has 4 nitrogen and oxygen atoms in total. The summed E-state index contributed by atoms with van der Waals surface area (Å²) in [5, 5.41) is 18.6. The number of hydrogen-bond donors (Lipinski definition) is 2. The Balaban J connectivity index is 2.07. The molecule has 2 aliphatic rings. The molecule has 1 saturated heterocycles. The van der Waals surface area contributed by atoms with Gasteiger partial charge in [-0.25, -0.2) is 0 Å². The lowest BCUT2D eigenvalue weighted by Crippen LogP contribution is -2.28. The van der Waals surface area contributed by atoms with Gasteiger partial charge in [-0.3, -0.25) is 0 Å². The van der Waals surface area contributed by atoms with Gasteiger partial charge in [-0.1, -0.05) is 0 Å². The maximum atomic E-state index is 9.74. The van der Waals surface area contributed by atoms with Crippen LogP contribution in [-0.2, 0) is 9.47 Å². The molecule has 0 amide bonds. The molecule has 4 heteroatoms. The van der Waals surface area contributed by atoms with Crippen molar-refractivity contribution in [2.75, 3.05) is 6.61 Å². The van der Waals surface area contributed by atoms with Gasteiger partial charge in [0.1, 0.15) is 6.10 Å². The Morgan fingerprint density at radius 2 is 1.93 bits per heavy atom. The molecule has 0 bridgehead atoms. The fraction of sp³-hybridized carbons (Fsp3) is 1.00. The largest absolute Gasteiger partial charge is 0.396 e. The first-order chi connectivity index (χ1) is 6.53. The van der Waals surface area contributed by atoms with Crippen molar-refractivity contribution in [1.29, 1.82) is 0 Å². The fourth-order valence-electron chi connectivity index (χ4n) is 2.51. The van der Waals surface area contributed by atoms with Gasteiger partial charge in [-0.05, 0) is 32.6 Å². The number of hydrogen-bond acceptors (Lipinski definition) is 4. The first kappa shape index (κ1) is 10.4. The van der Waals surface area contributed by atoms with Crippen LogP contribution < -0.4 is 0 Å². The van der Waals surface area contributed by atoms with Crippen molar-refractivity contribution in [3.05, 3.63) is 0 Å². The van der Waals surface area contributed by atoms with Crippen molar-refractivity contribution in [3.63, 3.8) is 0 Å². The predicted molar refractivity (Wildman–Crippen MR) is 49.6 cm³/mol. The van der Waals surface area contributed by atoms with E-state index in [2.05, 4.69) is 0 Å². The van der Waals surface area contributed by atoms with E-state index in [1.165, 1.54) is 0 Å². The van der Waals surface area contributed by atoms with Crippen LogP contribution in [0.3, 0.4) is 0 Å². The van der Waals surface area contributed by atoms with Crippen LogP contribution in [0.1, 0.15) is 26.7 Å². The molecule has 4 atom stereocenters. The maximum absolute atomic E-state index is 9.74. The number of fused-ring (bicyclic) bond motifs is 1. The molecule has 0 aromatic rings. The van der Waals surface area contributed by atoms with E-state index < -0.39 is 11.9 Å². The molecule has 2 rings (SSSR count). The van der Waals surface area contributed by atoms with E-state index in [9.17, 15) is 5.11 Å². The maximum Gasteiger partial charge on any atom is 0.163 e. The monoisotopic (exact) mass is 202 g/mol. The van der Waals surface area contributed by atoms with E-state index in [0.29, 0.717) is 12.8 Å². The van der Waals surface area contributed by atoms with E-state index in [4.69, 9.17) is 14.6 Å². The number of ether oxygens (including phenoxy) is 2. The van der Waals surface area contributed by atoms with Gasteiger partial charge in [0.25, 0.3) is 0 Å². The Hall–Kier alpha value is -0.160. The minimum atomic E-state index is -0.593. The smallest absolute Gasteiger partial charge is 0.163 e. The Morgan fingerprint density at radius 1 is 1.29 bits per heavy atom. The van der Waals surface area contributed by atoms with Crippen LogP contribution in [0.15, 0.2) is 0 Å². The van der Waals surface area contributed by atoms with Crippen LogP contribution >= 0.6 is 0 Å². The molecule has 0 aromatic heterocycles. The molecular weight excluding hydrogens is 184 g/mol. The average Bonchev–Trinajstić information content (AvgIpc) is 2.51. The van der Waals surface area contributed by atoms with Gasteiger partial charge in [-0.2, -0.15) is 0 Å². The Labute approximate surface area is 83.8 Å². The molecular formula is C10H18O4. The summed E-state index contributed by atoms with van der Waals surface area (Å²) in [6, 6.07) is 0. The van der Waals surface area contributed by atoms with Crippen LogP contribution in [0.5, 0.6) is 0 Å². The minimum Gasteiger partial charge on any atom is -0.396 e. The highest BCUT2D eigenvalue weighted by molar-refractivity contribution is 4.98. The van der Waals surface area contributed by atoms with Gasteiger partial charge in [0.2, 0.25) is 0 Å². The topological polar surface area (TPSA) is 58.9 Å². The van der Waals surface area contributed by atoms with Crippen molar-refractivity contribution in [2.45, 2.75) is 50.8 Å². The van der Waals surface area contributed by atoms with Crippen LogP contribution in [0.2, 0.25) is 0 Å². The SMILES string of the molecule is CC1(C)O[C@@H]2[C@@H](CCO)C[C@H](O)[C@@H]2O1. The van der Waals surface area contributed by atoms with E-state index in [1.807, 2.05) is 13.8 Å². The molecule has 82 valence electrons. The normalized spacial score (nSPS) is 45.4. The molecule has 1 heterocycles. The zero-order valence-corrected chi connectivity index (χ0v) is 8.64. The first-order valence-corrected chi connectivity index (χ1v) is 5.18. The second-order valence-corrected chi connectivity index (χ2v) is 4.64. The van der Waals surface area contributed by atoms with Crippen LogP contribution in [0.4, 0.5) is 0 Å². The van der Waals surface area contributed by atoms with Gasteiger partial charge in [0.15, 0.2) is 5.79 Å². The van der Waals surface area contributed by atoms with Gasteiger partial charge in [-0.15, -0.1) is 0 Å². The molecule has 2 fully saturated rings. The fourth-order valence-corrected chi connectivity index (χ4v) is 2.51. The zero-order chi connectivity index (χ0) is 10.3. The standard InChI is InChI=1S/C10H18O4/c1-10(2)13-8-6(3-4-11)5-7(12)9(8)14-10/h6-9,11-12H,3-5H2,1-2H3/t6-,7-,8+,9-/m0/s1. The highest BCUT2D eigenvalue weighted by Crippen LogP contribution is 2.42.